The van der Waals surface area contributed by atoms with E-state index >= 15 is 0 Å². The van der Waals surface area contributed by atoms with Crippen molar-refractivity contribution in [1.29, 1.82) is 0 Å². The SMILES string of the molecule is COC(=O)N[C@@H](C)C(=O)N1[C@@H]2CC[C@@H](C2)[C@H]1c1ncc(-c2ccc3cc(-c4ccc5cc(-c6cnc([C@@H]7CCCN7C(=O)[C@@H](NC(=O)OC)C(C)C)[nH]6)ccc5c4)ccc3c2)[nH]1. The van der Waals surface area contributed by atoms with Gasteiger partial charge in [-0.2, -0.15) is 0 Å². The number of fused-ring (bicyclic) bond motifs is 4. The van der Waals surface area contributed by atoms with Crippen LogP contribution < -0.4 is 10.6 Å². The maximum Gasteiger partial charge on any atom is 0.407 e. The molecule has 3 aliphatic rings. The lowest BCUT2D eigenvalue weighted by molar-refractivity contribution is -0.138. The number of aromatic nitrogens is 4. The highest BCUT2D eigenvalue weighted by Crippen LogP contribution is 2.50. The molecule has 62 heavy (non-hydrogen) atoms. The highest BCUT2D eigenvalue weighted by molar-refractivity contribution is 5.94. The Bertz CT molecular complexity index is 2690. The molecule has 320 valence electrons. The van der Waals surface area contributed by atoms with Crippen LogP contribution in [0.2, 0.25) is 0 Å². The van der Waals surface area contributed by atoms with E-state index in [2.05, 4.69) is 93.4 Å². The first kappa shape index (κ1) is 40.7. The van der Waals surface area contributed by atoms with Crippen LogP contribution in [0.4, 0.5) is 9.59 Å². The van der Waals surface area contributed by atoms with Gasteiger partial charge in [0.15, 0.2) is 0 Å². The van der Waals surface area contributed by atoms with Gasteiger partial charge in [0.1, 0.15) is 23.7 Å². The van der Waals surface area contributed by atoms with Crippen LogP contribution in [-0.2, 0) is 19.1 Å². The maximum absolute atomic E-state index is 13.6. The minimum absolute atomic E-state index is 0.104. The smallest absolute Gasteiger partial charge is 0.407 e. The Hall–Kier alpha value is -6.70. The molecule has 2 saturated heterocycles. The van der Waals surface area contributed by atoms with Crippen LogP contribution in [0.3, 0.4) is 0 Å². The van der Waals surface area contributed by atoms with Gasteiger partial charge in [-0.05, 0) is 108 Å². The van der Waals surface area contributed by atoms with Gasteiger partial charge in [0.2, 0.25) is 11.8 Å². The number of likely N-dealkylation sites (tertiary alicyclic amines) is 2. The molecule has 3 fully saturated rings. The summed E-state index contributed by atoms with van der Waals surface area (Å²) >= 11 is 0. The molecule has 1 aliphatic carbocycles. The molecule has 4 aromatic carbocycles. The van der Waals surface area contributed by atoms with E-state index in [1.54, 1.807) is 6.92 Å². The fraction of sp³-hybridized carbons (Fsp3) is 0.375. The van der Waals surface area contributed by atoms with Crippen LogP contribution in [0.5, 0.6) is 0 Å². The molecule has 4 amide bonds. The molecule has 1 saturated carbocycles. The van der Waals surface area contributed by atoms with Gasteiger partial charge in [-0.3, -0.25) is 9.59 Å². The number of alkyl carbamates (subject to hydrolysis) is 2. The van der Waals surface area contributed by atoms with Crippen molar-refractivity contribution in [3.63, 3.8) is 0 Å². The van der Waals surface area contributed by atoms with Gasteiger partial charge in [0.25, 0.3) is 0 Å². The Labute approximate surface area is 359 Å². The molecule has 9 rings (SSSR count). The minimum atomic E-state index is -0.701. The van der Waals surface area contributed by atoms with Crippen molar-refractivity contribution < 1.29 is 28.7 Å². The van der Waals surface area contributed by atoms with Crippen molar-refractivity contribution in [2.24, 2.45) is 11.8 Å². The summed E-state index contributed by atoms with van der Waals surface area (Å²) in [6.07, 6.45) is 7.01. The average molecular weight is 837 g/mol. The van der Waals surface area contributed by atoms with Crippen molar-refractivity contribution >= 4 is 45.5 Å². The van der Waals surface area contributed by atoms with E-state index in [0.29, 0.717) is 12.5 Å². The summed E-state index contributed by atoms with van der Waals surface area (Å²) in [7, 11) is 2.59. The lowest BCUT2D eigenvalue weighted by Crippen LogP contribution is -2.51. The predicted octanol–water partition coefficient (Wildman–Crippen LogP) is 8.28. The van der Waals surface area contributed by atoms with Gasteiger partial charge in [-0.25, -0.2) is 19.6 Å². The number of hydrogen-bond donors (Lipinski definition) is 4. The Balaban J connectivity index is 0.894. The molecule has 0 spiro atoms. The monoisotopic (exact) mass is 836 g/mol. The third-order valence-electron chi connectivity index (χ3n) is 13.1. The van der Waals surface area contributed by atoms with Gasteiger partial charge in [0, 0.05) is 23.7 Å². The van der Waals surface area contributed by atoms with Crippen molar-refractivity contribution in [3.8, 4) is 33.6 Å². The number of hydrogen-bond acceptors (Lipinski definition) is 8. The first-order valence-electron chi connectivity index (χ1n) is 21.5. The van der Waals surface area contributed by atoms with E-state index in [4.69, 9.17) is 19.4 Å². The number of aromatic amines is 2. The van der Waals surface area contributed by atoms with E-state index in [1.807, 2.05) is 36.0 Å². The van der Waals surface area contributed by atoms with E-state index in [9.17, 15) is 19.2 Å². The fourth-order valence-corrected chi connectivity index (χ4v) is 9.84. The molecular weight excluding hydrogens is 785 g/mol. The molecule has 14 nitrogen and oxygen atoms in total. The number of methoxy groups -OCH3 is 2. The molecule has 2 aromatic heterocycles. The molecule has 6 aromatic rings. The molecule has 2 bridgehead atoms. The number of amides is 4. The third-order valence-corrected chi connectivity index (χ3v) is 13.1. The van der Waals surface area contributed by atoms with Crippen molar-refractivity contribution in [2.75, 3.05) is 20.8 Å². The molecule has 0 unspecified atom stereocenters. The number of benzene rings is 4. The zero-order valence-corrected chi connectivity index (χ0v) is 35.6. The van der Waals surface area contributed by atoms with E-state index < -0.39 is 24.3 Å². The Morgan fingerprint density at radius 1 is 0.677 bits per heavy atom. The number of carbonyl (C=O) groups is 4. The van der Waals surface area contributed by atoms with Crippen LogP contribution in [0.25, 0.3) is 55.2 Å². The first-order valence-corrected chi connectivity index (χ1v) is 21.5. The quantitative estimate of drug-likeness (QED) is 0.107. The summed E-state index contributed by atoms with van der Waals surface area (Å²) in [6, 6.07) is 24.2. The fourth-order valence-electron chi connectivity index (χ4n) is 9.84. The summed E-state index contributed by atoms with van der Waals surface area (Å²) in [5.41, 5.74) is 6.02. The minimum Gasteiger partial charge on any atom is -0.453 e. The summed E-state index contributed by atoms with van der Waals surface area (Å²) in [6.45, 7) is 6.11. The number of nitrogens with one attached hydrogen (secondary N) is 4. The number of rotatable bonds is 10. The molecule has 4 heterocycles. The number of imidazole rings is 2. The van der Waals surface area contributed by atoms with Gasteiger partial charge in [-0.15, -0.1) is 0 Å². The topological polar surface area (TPSA) is 175 Å². The zero-order chi connectivity index (χ0) is 43.2. The second-order valence-corrected chi connectivity index (χ2v) is 17.2. The molecule has 0 radical (unpaired) electrons. The maximum atomic E-state index is 13.6. The number of nitrogens with zero attached hydrogens (tertiary/aromatic N) is 4. The standard InChI is InChI=1S/C48H52N8O6/c1-26(2)41(54-48(60)62-5)46(58)55-18-6-7-40(55)43-49-24-38(52-43)34-14-12-30-19-28(8-10-32(30)21-34)29-9-11-33-22-35(15-13-31(33)20-29)39-25-50-44(53-39)42-36-16-17-37(23-36)56(42)45(57)27(3)51-47(59)61-4/h8-15,19-22,24-27,36-37,40-42H,6-7,16-18,23H2,1-5H3,(H,49,52)(H,50,53)(H,51,59)(H,54,60)/t27-,36-,37+,40-,41-,42-/m0/s1. The largest absolute Gasteiger partial charge is 0.453 e. The lowest BCUT2D eigenvalue weighted by Gasteiger charge is -2.36. The van der Waals surface area contributed by atoms with Gasteiger partial charge in [-0.1, -0.05) is 62.4 Å². The van der Waals surface area contributed by atoms with Gasteiger partial charge >= 0.3 is 12.2 Å². The number of H-pyrrole nitrogens is 2. The first-order chi connectivity index (χ1) is 30.0. The number of piperidine rings is 1. The van der Waals surface area contributed by atoms with Crippen LogP contribution in [0.1, 0.15) is 76.6 Å². The molecule has 6 atom stereocenters. The highest BCUT2D eigenvalue weighted by Gasteiger charge is 2.50. The van der Waals surface area contributed by atoms with E-state index in [-0.39, 0.29) is 35.9 Å². The average Bonchev–Trinajstić information content (AvgIpc) is 4.15. The lowest BCUT2D eigenvalue weighted by atomic mass is 9.96. The Kier molecular flexibility index (Phi) is 10.9. The second-order valence-electron chi connectivity index (χ2n) is 17.2. The molecule has 4 N–H and O–H groups in total. The van der Waals surface area contributed by atoms with Crippen LogP contribution in [0, 0.1) is 11.8 Å². The van der Waals surface area contributed by atoms with Crippen molar-refractivity contribution in [2.45, 2.75) is 83.1 Å². The highest BCUT2D eigenvalue weighted by atomic mass is 16.5. The van der Waals surface area contributed by atoms with Gasteiger partial charge < -0.3 is 39.9 Å². The van der Waals surface area contributed by atoms with Crippen LogP contribution in [-0.4, -0.2) is 92.6 Å². The molecule has 2 aliphatic heterocycles. The van der Waals surface area contributed by atoms with Crippen LogP contribution in [0.15, 0.2) is 85.2 Å². The number of carbonyl (C=O) groups excluding carboxylic acids is 4. The van der Waals surface area contributed by atoms with E-state index in [0.717, 1.165) is 98.9 Å². The summed E-state index contributed by atoms with van der Waals surface area (Å²) in [4.78, 5) is 71.3. The predicted molar refractivity (Wildman–Crippen MR) is 236 cm³/mol. The van der Waals surface area contributed by atoms with E-state index in [1.165, 1.54) is 14.2 Å². The summed E-state index contributed by atoms with van der Waals surface area (Å²) in [5.74, 6) is 1.47. The van der Waals surface area contributed by atoms with Crippen molar-refractivity contribution in [1.82, 2.24) is 40.4 Å². The second kappa shape index (κ2) is 16.6. The molecule has 14 heteroatoms. The Morgan fingerprint density at radius 3 is 1.79 bits per heavy atom. The normalized spacial score (nSPS) is 20.5. The Morgan fingerprint density at radius 2 is 1.21 bits per heavy atom. The summed E-state index contributed by atoms with van der Waals surface area (Å²) in [5, 5.41) is 9.79. The van der Waals surface area contributed by atoms with Crippen LogP contribution >= 0.6 is 0 Å². The molecular formula is C48H52N8O6. The zero-order valence-electron chi connectivity index (χ0n) is 35.6. The third kappa shape index (κ3) is 7.62. The van der Waals surface area contributed by atoms with Gasteiger partial charge in [0.05, 0.1) is 50.1 Å². The summed E-state index contributed by atoms with van der Waals surface area (Å²) < 4.78 is 9.50. The van der Waals surface area contributed by atoms with Crippen molar-refractivity contribution in [3.05, 3.63) is 96.8 Å². The number of ether oxygens (including phenoxy) is 2.